The van der Waals surface area contributed by atoms with Crippen LogP contribution in [0.15, 0.2) is 156 Å². The molecule has 2 aromatic heterocycles. The van der Waals surface area contributed by atoms with Crippen molar-refractivity contribution in [3.63, 3.8) is 0 Å². The highest BCUT2D eigenvalue weighted by Crippen LogP contribution is 2.63. The van der Waals surface area contributed by atoms with Crippen LogP contribution in [0.3, 0.4) is 0 Å². The Morgan fingerprint density at radius 3 is 1.29 bits per heavy atom. The minimum atomic E-state index is -0.366. The van der Waals surface area contributed by atoms with E-state index < -0.39 is 0 Å². The standard InChI is InChI=1S/C63H60B2N6O/c1-37-31-43-51-50-49(37)38(2)32-44-52(50)71(56-54(61(5,6)36-63(56,9)10)65(44)58-68-47(41-27-19-13-20-28-41)34-48(69-58)42-29-21-14-22-30-42)59(72)70(51)55-53(60(3,4)35-62(55,7)8)64(43)57-66-45(39-23-15-11-16-24-39)33-46(67-57)40-25-17-12-18-26-40/h11-13,15-21,23-34H,14,22,35-36H2,1-10H3. The Morgan fingerprint density at radius 1 is 0.486 bits per heavy atom. The predicted octanol–water partition coefficient (Wildman–Crippen LogP) is 12.3. The van der Waals surface area contributed by atoms with E-state index in [-0.39, 0.29) is 41.1 Å². The van der Waals surface area contributed by atoms with Gasteiger partial charge in [-0.1, -0.05) is 188 Å². The summed E-state index contributed by atoms with van der Waals surface area (Å²) in [7, 11) is 0. The SMILES string of the molecule is Cc1cc2c3c4c5c(cc(C)c14)B(c1nc(-c4ccccc4)cc(-c4ccccc4)n1)C1=C(N5C(=O)N3C3=C(B2c2nc(C4=CCCC=C4)cc(-c4ccccc4)n2)C(C)(C)CC3(C)C)C(C)(C)CC1(C)C. The summed E-state index contributed by atoms with van der Waals surface area (Å²) in [5, 5.41) is 2.31. The molecule has 72 heavy (non-hydrogen) atoms. The molecule has 5 aromatic carbocycles. The zero-order chi connectivity index (χ0) is 49.8. The lowest BCUT2D eigenvalue weighted by molar-refractivity contribution is 0.248. The van der Waals surface area contributed by atoms with Gasteiger partial charge in [0.25, 0.3) is 13.4 Å². The molecule has 0 spiro atoms. The molecule has 13 rings (SSSR count). The van der Waals surface area contributed by atoms with E-state index in [4.69, 9.17) is 19.9 Å². The second-order valence-electron chi connectivity index (χ2n) is 24.0. The van der Waals surface area contributed by atoms with E-state index in [1.165, 1.54) is 27.5 Å². The maximum Gasteiger partial charge on any atom is 0.337 e. The lowest BCUT2D eigenvalue weighted by atomic mass is 9.33. The minimum Gasteiger partial charge on any atom is -0.266 e. The molecule has 3 aliphatic heterocycles. The summed E-state index contributed by atoms with van der Waals surface area (Å²) >= 11 is 0. The van der Waals surface area contributed by atoms with Gasteiger partial charge in [-0.3, -0.25) is 9.80 Å². The first kappa shape index (κ1) is 44.8. The average molecular weight is 939 g/mol. The van der Waals surface area contributed by atoms with Crippen molar-refractivity contribution < 1.29 is 4.79 Å². The molecule has 6 aliphatic rings. The summed E-state index contributed by atoms with van der Waals surface area (Å²) in [4.78, 5) is 43.7. The average Bonchev–Trinajstić information content (AvgIpc) is 3.69. The Labute approximate surface area is 425 Å². The van der Waals surface area contributed by atoms with Gasteiger partial charge in [-0.05, 0) is 95.5 Å². The molecule has 0 atom stereocenters. The fourth-order valence-corrected chi connectivity index (χ4v) is 14.8. The van der Waals surface area contributed by atoms with Crippen LogP contribution in [0.4, 0.5) is 16.2 Å². The smallest absolute Gasteiger partial charge is 0.266 e. The number of fused-ring (bicyclic) bond motifs is 2. The fourth-order valence-electron chi connectivity index (χ4n) is 14.8. The summed E-state index contributed by atoms with van der Waals surface area (Å²) in [5.41, 5.74) is 19.2. The number of anilines is 2. The van der Waals surface area contributed by atoms with Gasteiger partial charge in [0.15, 0.2) is 0 Å². The number of rotatable bonds is 6. The fraction of sp³-hybridized carbons (Fsp3) is 0.286. The van der Waals surface area contributed by atoms with Crippen molar-refractivity contribution in [2.24, 2.45) is 21.7 Å². The first-order valence-corrected chi connectivity index (χ1v) is 26.0. The molecular formula is C63H60B2N6O. The molecule has 354 valence electrons. The number of carbonyl (C=O) groups excluding carboxylic acids is 1. The topological polar surface area (TPSA) is 75.1 Å². The lowest BCUT2D eigenvalue weighted by Gasteiger charge is -2.50. The molecule has 7 nitrogen and oxygen atoms in total. The molecular weight excluding hydrogens is 878 g/mol. The molecule has 5 heterocycles. The lowest BCUT2D eigenvalue weighted by Crippen LogP contribution is -2.63. The Hall–Kier alpha value is -7.12. The van der Waals surface area contributed by atoms with Crippen molar-refractivity contribution in [1.82, 2.24) is 19.9 Å². The van der Waals surface area contributed by atoms with Gasteiger partial charge >= 0.3 is 6.03 Å². The molecule has 0 unspecified atom stereocenters. The summed E-state index contributed by atoms with van der Waals surface area (Å²) in [6.45, 7) is 22.8. The molecule has 0 saturated heterocycles. The normalized spacial score (nSPS) is 19.6. The van der Waals surface area contributed by atoms with Crippen LogP contribution < -0.4 is 32.2 Å². The number of hydrogen-bond donors (Lipinski definition) is 0. The van der Waals surface area contributed by atoms with E-state index in [0.29, 0.717) is 0 Å². The summed E-state index contributed by atoms with van der Waals surface area (Å²) in [5.74, 6) is 0. The van der Waals surface area contributed by atoms with Crippen LogP contribution in [0.2, 0.25) is 0 Å². The molecule has 0 radical (unpaired) electrons. The molecule has 9 heteroatoms. The van der Waals surface area contributed by atoms with Crippen molar-refractivity contribution in [1.29, 1.82) is 0 Å². The molecule has 2 amide bonds. The highest BCUT2D eigenvalue weighted by atomic mass is 16.2. The van der Waals surface area contributed by atoms with Crippen LogP contribution in [0.25, 0.3) is 50.1 Å². The quantitative estimate of drug-likeness (QED) is 0.155. The third-order valence-electron chi connectivity index (χ3n) is 16.8. The van der Waals surface area contributed by atoms with Crippen LogP contribution in [0.5, 0.6) is 0 Å². The van der Waals surface area contributed by atoms with E-state index >= 15 is 4.79 Å². The monoisotopic (exact) mass is 939 g/mol. The number of amides is 2. The number of aryl methyl sites for hydroxylation is 2. The number of carbonyl (C=O) groups is 1. The second-order valence-corrected chi connectivity index (χ2v) is 24.0. The third-order valence-corrected chi connectivity index (χ3v) is 16.8. The van der Waals surface area contributed by atoms with Crippen LogP contribution in [-0.2, 0) is 0 Å². The summed E-state index contributed by atoms with van der Waals surface area (Å²) in [6.07, 6.45) is 10.5. The number of hydrogen-bond acceptors (Lipinski definition) is 5. The van der Waals surface area contributed by atoms with Crippen molar-refractivity contribution >= 4 is 69.6 Å². The number of urea groups is 1. The molecule has 0 fully saturated rings. The maximum absolute atomic E-state index is 16.8. The van der Waals surface area contributed by atoms with Gasteiger partial charge in [0.2, 0.25) is 0 Å². The van der Waals surface area contributed by atoms with Crippen LogP contribution in [0, 0.1) is 35.5 Å². The highest BCUT2D eigenvalue weighted by molar-refractivity contribution is 6.93. The van der Waals surface area contributed by atoms with E-state index in [1.54, 1.807) is 0 Å². The number of allylic oxidation sites excluding steroid dienone is 8. The Balaban J connectivity index is 1.15. The van der Waals surface area contributed by atoms with Crippen molar-refractivity contribution in [3.05, 3.63) is 173 Å². The molecule has 7 aromatic rings. The van der Waals surface area contributed by atoms with Gasteiger partial charge in [0.05, 0.1) is 45.6 Å². The van der Waals surface area contributed by atoms with Crippen LogP contribution >= 0.6 is 0 Å². The maximum atomic E-state index is 16.8. The van der Waals surface area contributed by atoms with Crippen molar-refractivity contribution in [2.45, 2.75) is 94.9 Å². The zero-order valence-electron chi connectivity index (χ0n) is 43.3. The molecule has 0 bridgehead atoms. The van der Waals surface area contributed by atoms with Gasteiger partial charge in [-0.25, -0.2) is 24.7 Å². The predicted molar refractivity (Wildman–Crippen MR) is 299 cm³/mol. The number of nitrogens with zero attached hydrogens (tertiary/aromatic N) is 6. The van der Waals surface area contributed by atoms with Crippen molar-refractivity contribution in [2.75, 3.05) is 9.80 Å². The van der Waals surface area contributed by atoms with E-state index in [1.807, 2.05) is 0 Å². The minimum absolute atomic E-state index is 0.00599. The second kappa shape index (κ2) is 15.4. The summed E-state index contributed by atoms with van der Waals surface area (Å²) < 4.78 is 0. The van der Waals surface area contributed by atoms with E-state index in [2.05, 4.69) is 213 Å². The van der Waals surface area contributed by atoms with Crippen LogP contribution in [0.1, 0.15) is 97.9 Å². The van der Waals surface area contributed by atoms with E-state index in [0.717, 1.165) is 121 Å². The Morgan fingerprint density at radius 2 is 0.889 bits per heavy atom. The Kier molecular flexibility index (Phi) is 9.61. The highest BCUT2D eigenvalue weighted by Gasteiger charge is 2.62. The van der Waals surface area contributed by atoms with Crippen LogP contribution in [-0.4, -0.2) is 39.4 Å². The first-order chi connectivity index (χ1) is 34.4. The number of benzene rings is 5. The van der Waals surface area contributed by atoms with Gasteiger partial charge in [0.1, 0.15) is 0 Å². The van der Waals surface area contributed by atoms with Gasteiger partial charge in [0, 0.05) is 44.3 Å². The molecule has 3 aliphatic carbocycles. The summed E-state index contributed by atoms with van der Waals surface area (Å²) in [6, 6.07) is 40.6. The van der Waals surface area contributed by atoms with Gasteiger partial charge < -0.3 is 0 Å². The molecule has 0 saturated carbocycles. The van der Waals surface area contributed by atoms with Crippen molar-refractivity contribution in [3.8, 4) is 33.8 Å². The Bertz CT molecular complexity index is 3590. The zero-order valence-corrected chi connectivity index (χ0v) is 43.3. The van der Waals surface area contributed by atoms with E-state index in [9.17, 15) is 0 Å². The van der Waals surface area contributed by atoms with Gasteiger partial charge in [-0.2, -0.15) is 0 Å². The third kappa shape index (κ3) is 6.47. The molecule has 0 N–H and O–H groups in total. The largest absolute Gasteiger partial charge is 0.337 e. The number of aromatic nitrogens is 4. The first-order valence-electron chi connectivity index (χ1n) is 26.0. The van der Waals surface area contributed by atoms with Gasteiger partial charge in [-0.15, -0.1) is 0 Å².